The summed E-state index contributed by atoms with van der Waals surface area (Å²) in [6.07, 6.45) is -1.46. The Hall–Kier alpha value is -6.97. The lowest BCUT2D eigenvalue weighted by Crippen LogP contribution is -2.43. The van der Waals surface area contributed by atoms with Crippen LogP contribution in [0, 0.1) is 11.8 Å². The van der Waals surface area contributed by atoms with Crippen LogP contribution < -0.4 is 25.4 Å². The molecule has 392 valence electrons. The topological polar surface area (TPSA) is 180 Å². The summed E-state index contributed by atoms with van der Waals surface area (Å²) < 4.78 is 91.8. The van der Waals surface area contributed by atoms with Gasteiger partial charge in [-0.2, -0.15) is 0 Å². The summed E-state index contributed by atoms with van der Waals surface area (Å²) >= 11 is 0. The monoisotopic (exact) mass is 1020 g/mol. The summed E-state index contributed by atoms with van der Waals surface area (Å²) in [6, 6.07) is 18.6. The number of alkyl halides is 6. The van der Waals surface area contributed by atoms with Gasteiger partial charge in [-0.1, -0.05) is 24.3 Å². The van der Waals surface area contributed by atoms with Gasteiger partial charge < -0.3 is 44.2 Å². The molecule has 0 radical (unpaired) electrons. The van der Waals surface area contributed by atoms with Crippen molar-refractivity contribution in [1.29, 1.82) is 0 Å². The Morgan fingerprint density at radius 3 is 1.47 bits per heavy atom. The minimum atomic E-state index is -4.75. The number of aryl methyl sites for hydroxylation is 2. The van der Waals surface area contributed by atoms with Crippen LogP contribution >= 0.6 is 0 Å². The number of ether oxygens (including phenoxy) is 3. The zero-order chi connectivity index (χ0) is 52.2. The zero-order valence-corrected chi connectivity index (χ0v) is 40.9. The van der Waals surface area contributed by atoms with E-state index in [1.807, 2.05) is 42.0 Å². The van der Waals surface area contributed by atoms with Crippen molar-refractivity contribution < 1.29 is 54.9 Å². The minimum Gasteiger partial charge on any atom is -0.444 e. The quantitative estimate of drug-likeness (QED) is 0.0792. The average molecular weight is 1020 g/mol. The van der Waals surface area contributed by atoms with Gasteiger partial charge in [0.05, 0.1) is 13.1 Å². The number of aromatic nitrogens is 6. The highest BCUT2D eigenvalue weighted by Gasteiger charge is 2.32. The molecule has 0 saturated carbocycles. The lowest BCUT2D eigenvalue weighted by molar-refractivity contribution is -0.275. The molecule has 2 aromatic carbocycles. The van der Waals surface area contributed by atoms with E-state index in [1.54, 1.807) is 53.7 Å². The second-order valence-corrected chi connectivity index (χ2v) is 19.0. The fourth-order valence-corrected chi connectivity index (χ4v) is 8.56. The molecular formula is C51H60F6N10O6. The summed E-state index contributed by atoms with van der Waals surface area (Å²) in [7, 11) is 0. The van der Waals surface area contributed by atoms with E-state index >= 15 is 0 Å². The van der Waals surface area contributed by atoms with Crippen LogP contribution in [0.15, 0.2) is 85.2 Å². The van der Waals surface area contributed by atoms with Gasteiger partial charge in [-0.05, 0) is 131 Å². The largest absolute Gasteiger partial charge is 0.573 e. The van der Waals surface area contributed by atoms with Crippen LogP contribution in [0.1, 0.15) is 82.1 Å². The average Bonchev–Trinajstić information content (AvgIpc) is 3.88. The first-order chi connectivity index (χ1) is 34.7. The van der Waals surface area contributed by atoms with Gasteiger partial charge >= 0.3 is 18.8 Å². The number of benzene rings is 2. The molecule has 6 heterocycles. The van der Waals surface area contributed by atoms with Crippen LogP contribution in [-0.2, 0) is 40.3 Å². The third-order valence-electron chi connectivity index (χ3n) is 12.2. The Morgan fingerprint density at radius 1 is 0.630 bits per heavy atom. The SMILES string of the molecule is CC(C)(C)OC(=O)N1CCC(CNC(=O)CCc2nc3cccnc3n2Cc2ccc(OC(F)(F)F)cc2)CC1.O=C(CCc1nc2cccnc2n1Cc1ccc(OC(F)(F)F)cc1)NCC1CCNCC1. The molecule has 0 spiro atoms. The molecule has 2 saturated heterocycles. The van der Waals surface area contributed by atoms with Gasteiger partial charge in [-0.3, -0.25) is 9.59 Å². The van der Waals surface area contributed by atoms with E-state index in [-0.39, 0.29) is 41.7 Å². The van der Waals surface area contributed by atoms with Gasteiger partial charge in [-0.25, -0.2) is 24.7 Å². The maximum absolute atomic E-state index is 12.7. The molecule has 3 N–H and O–H groups in total. The molecule has 6 aromatic rings. The standard InChI is InChI=1S/C28H34F3N5O4.C23H26F3N5O2/c1-27(2,3)40-26(38)35-15-12-19(13-16-35)17-33-24(37)11-10-23-34-22-5-4-14-32-25(22)36(23)18-20-6-8-21(9-7-20)39-28(29,30)31;24-23(25,26)33-18-5-3-17(4-6-18)15-31-20(30-19-2-1-11-28-22(19)31)7-8-21(32)29-14-16-9-12-27-13-10-16/h4-9,14,19H,10-13,15-18H2,1-3H3,(H,33,37);1-6,11,16,27H,7-10,12-15H2,(H,29,32). The summed E-state index contributed by atoms with van der Waals surface area (Å²) in [4.78, 5) is 57.1. The number of carbonyl (C=O) groups excluding carboxylic acids is 3. The number of amides is 3. The van der Waals surface area contributed by atoms with Crippen LogP contribution in [0.5, 0.6) is 11.5 Å². The molecular weight excluding hydrogens is 963 g/mol. The van der Waals surface area contributed by atoms with Gasteiger partial charge in [0, 0.05) is 64.3 Å². The fraction of sp³-hybridized carbons (Fsp3) is 0.471. The predicted molar refractivity (Wildman–Crippen MR) is 258 cm³/mol. The molecule has 8 rings (SSSR count). The van der Waals surface area contributed by atoms with Gasteiger partial charge in [0.2, 0.25) is 11.8 Å². The van der Waals surface area contributed by atoms with Gasteiger partial charge in [0.15, 0.2) is 11.3 Å². The first kappa shape index (κ1) is 53.8. The number of piperidine rings is 2. The highest BCUT2D eigenvalue weighted by molar-refractivity contribution is 5.77. The maximum Gasteiger partial charge on any atom is 0.573 e. The molecule has 0 atom stereocenters. The van der Waals surface area contributed by atoms with Gasteiger partial charge in [0.1, 0.15) is 39.8 Å². The van der Waals surface area contributed by atoms with Crippen LogP contribution in [0.25, 0.3) is 22.3 Å². The van der Waals surface area contributed by atoms with Crippen molar-refractivity contribution in [3.8, 4) is 11.5 Å². The van der Waals surface area contributed by atoms with E-state index < -0.39 is 18.3 Å². The zero-order valence-electron chi connectivity index (χ0n) is 40.9. The second-order valence-electron chi connectivity index (χ2n) is 19.0. The molecule has 2 aliphatic heterocycles. The Balaban J connectivity index is 0.000000218. The van der Waals surface area contributed by atoms with Crippen molar-refractivity contribution in [3.63, 3.8) is 0 Å². The number of fused-ring (bicyclic) bond motifs is 2. The van der Waals surface area contributed by atoms with Crippen molar-refractivity contribution in [2.75, 3.05) is 39.3 Å². The normalized spacial score (nSPS) is 14.9. The number of rotatable bonds is 16. The lowest BCUT2D eigenvalue weighted by Gasteiger charge is -2.33. The molecule has 2 aliphatic rings. The molecule has 2 fully saturated rings. The molecule has 73 heavy (non-hydrogen) atoms. The van der Waals surface area contributed by atoms with Gasteiger partial charge in [0.25, 0.3) is 0 Å². The van der Waals surface area contributed by atoms with Crippen molar-refractivity contribution in [2.45, 2.75) is 104 Å². The maximum atomic E-state index is 12.7. The molecule has 0 aliphatic carbocycles. The van der Waals surface area contributed by atoms with E-state index in [2.05, 4.69) is 45.4 Å². The number of likely N-dealkylation sites (tertiary alicyclic amines) is 1. The minimum absolute atomic E-state index is 0.0197. The number of hydrogen-bond acceptors (Lipinski definition) is 11. The first-order valence-corrected chi connectivity index (χ1v) is 24.3. The third kappa shape index (κ3) is 16.8. The van der Waals surface area contributed by atoms with Crippen LogP contribution in [-0.4, -0.2) is 109 Å². The Kier molecular flexibility index (Phi) is 17.8. The molecule has 0 bridgehead atoms. The number of nitrogens with zero attached hydrogens (tertiary/aromatic N) is 7. The van der Waals surface area contributed by atoms with Crippen LogP contribution in [0.4, 0.5) is 31.1 Å². The van der Waals surface area contributed by atoms with E-state index in [4.69, 9.17) is 4.74 Å². The molecule has 22 heteroatoms. The van der Waals surface area contributed by atoms with E-state index in [0.717, 1.165) is 49.9 Å². The summed E-state index contributed by atoms with van der Waals surface area (Å²) in [6.45, 7) is 10.6. The third-order valence-corrected chi connectivity index (χ3v) is 12.2. The highest BCUT2D eigenvalue weighted by Crippen LogP contribution is 2.27. The van der Waals surface area contributed by atoms with Crippen molar-refractivity contribution >= 4 is 40.2 Å². The van der Waals surface area contributed by atoms with Crippen molar-refractivity contribution in [3.05, 3.63) is 108 Å². The molecule has 4 aromatic heterocycles. The van der Waals surface area contributed by atoms with E-state index in [9.17, 15) is 40.7 Å². The Morgan fingerprint density at radius 2 is 1.05 bits per heavy atom. The summed E-state index contributed by atoms with van der Waals surface area (Å²) in [5.74, 6) is 1.46. The second kappa shape index (κ2) is 24.2. The predicted octanol–water partition coefficient (Wildman–Crippen LogP) is 8.50. The number of halogens is 6. The van der Waals surface area contributed by atoms with Gasteiger partial charge in [-0.15, -0.1) is 26.3 Å². The smallest absolute Gasteiger partial charge is 0.444 e. The van der Waals surface area contributed by atoms with Crippen LogP contribution in [0.3, 0.4) is 0 Å². The number of pyridine rings is 2. The highest BCUT2D eigenvalue weighted by atomic mass is 19.4. The van der Waals surface area contributed by atoms with E-state index in [0.29, 0.717) is 98.4 Å². The van der Waals surface area contributed by atoms with Crippen molar-refractivity contribution in [1.82, 2.24) is 49.9 Å². The molecule has 3 amide bonds. The molecule has 16 nitrogen and oxygen atoms in total. The first-order valence-electron chi connectivity index (χ1n) is 24.3. The number of carbonyl (C=O) groups is 3. The van der Waals surface area contributed by atoms with Crippen molar-refractivity contribution in [2.24, 2.45) is 11.8 Å². The number of hydrogen-bond donors (Lipinski definition) is 3. The molecule has 0 unspecified atom stereocenters. The lowest BCUT2D eigenvalue weighted by atomic mass is 9.97. The number of imidazole rings is 2. The Bertz CT molecular complexity index is 2760. The van der Waals surface area contributed by atoms with Crippen LogP contribution in [0.2, 0.25) is 0 Å². The Labute approximate surface area is 418 Å². The number of nitrogens with one attached hydrogen (secondary N) is 3. The van der Waals surface area contributed by atoms with E-state index in [1.165, 1.54) is 24.3 Å². The summed E-state index contributed by atoms with van der Waals surface area (Å²) in [5.41, 5.74) is 3.65. The summed E-state index contributed by atoms with van der Waals surface area (Å²) in [5, 5.41) is 9.34. The fourth-order valence-electron chi connectivity index (χ4n) is 8.56.